The second-order valence-electron chi connectivity index (χ2n) is 5.46. The van der Waals surface area contributed by atoms with Crippen molar-refractivity contribution >= 4 is 5.91 Å². The molecular formula is C12H19F3N2O2. The lowest BCUT2D eigenvalue weighted by atomic mass is 9.84. The zero-order valence-corrected chi connectivity index (χ0v) is 10.6. The van der Waals surface area contributed by atoms with Crippen LogP contribution in [0.3, 0.4) is 0 Å². The zero-order valence-electron chi connectivity index (χ0n) is 10.6. The number of carbonyl (C=O) groups excluding carboxylic acids is 1. The van der Waals surface area contributed by atoms with Gasteiger partial charge in [-0.1, -0.05) is 6.42 Å². The van der Waals surface area contributed by atoms with Crippen molar-refractivity contribution in [2.45, 2.75) is 37.9 Å². The molecule has 0 bridgehead atoms. The lowest BCUT2D eigenvalue weighted by Gasteiger charge is -2.31. The lowest BCUT2D eigenvalue weighted by Crippen LogP contribution is -2.55. The predicted molar refractivity (Wildman–Crippen MR) is 62.3 cm³/mol. The topological polar surface area (TPSA) is 61.4 Å². The highest BCUT2D eigenvalue weighted by Gasteiger charge is 2.61. The first-order valence-corrected chi connectivity index (χ1v) is 6.60. The van der Waals surface area contributed by atoms with Crippen LogP contribution in [0.4, 0.5) is 13.2 Å². The van der Waals surface area contributed by atoms with Gasteiger partial charge in [-0.2, -0.15) is 13.2 Å². The number of carbonyl (C=O) groups is 1. The van der Waals surface area contributed by atoms with Crippen molar-refractivity contribution in [2.24, 2.45) is 11.3 Å². The summed E-state index contributed by atoms with van der Waals surface area (Å²) < 4.78 is 39.5. The summed E-state index contributed by atoms with van der Waals surface area (Å²) in [4.78, 5) is 12.1. The van der Waals surface area contributed by atoms with Crippen molar-refractivity contribution in [3.8, 4) is 0 Å². The molecule has 2 fully saturated rings. The molecular weight excluding hydrogens is 261 g/mol. The van der Waals surface area contributed by atoms with E-state index in [1.165, 1.54) is 0 Å². The molecule has 1 saturated heterocycles. The van der Waals surface area contributed by atoms with Crippen LogP contribution in [-0.4, -0.2) is 42.9 Å². The van der Waals surface area contributed by atoms with Gasteiger partial charge in [-0.3, -0.25) is 4.79 Å². The van der Waals surface area contributed by atoms with E-state index in [0.717, 1.165) is 12.8 Å². The van der Waals surface area contributed by atoms with Gasteiger partial charge in [-0.05, 0) is 25.8 Å². The van der Waals surface area contributed by atoms with E-state index in [9.17, 15) is 18.0 Å². The maximum absolute atomic E-state index is 13.2. The molecule has 1 aliphatic carbocycles. The Hall–Kier alpha value is -0.820. The second kappa shape index (κ2) is 5.28. The Morgan fingerprint density at radius 1 is 1.42 bits per heavy atom. The Labute approximate surface area is 109 Å². The number of alkyl halides is 3. The molecule has 0 radical (unpaired) electrons. The Morgan fingerprint density at radius 3 is 2.68 bits per heavy atom. The smallest absolute Gasteiger partial charge is 0.396 e. The van der Waals surface area contributed by atoms with Gasteiger partial charge in [0, 0.05) is 25.1 Å². The van der Waals surface area contributed by atoms with Crippen LogP contribution in [0, 0.1) is 11.3 Å². The lowest BCUT2D eigenvalue weighted by molar-refractivity contribution is -0.216. The largest absolute Gasteiger partial charge is 0.404 e. The molecule has 3 N–H and O–H groups in total. The SMILES string of the molecule is O=C(NC1CCCC1CO)C1(C(F)(F)F)CCNC1. The minimum atomic E-state index is -4.55. The van der Waals surface area contributed by atoms with E-state index in [2.05, 4.69) is 10.6 Å². The van der Waals surface area contributed by atoms with Crippen molar-refractivity contribution in [3.05, 3.63) is 0 Å². The number of aliphatic hydroxyl groups is 1. The zero-order chi connectivity index (χ0) is 14.1. The van der Waals surface area contributed by atoms with E-state index in [1.54, 1.807) is 0 Å². The van der Waals surface area contributed by atoms with Crippen LogP contribution in [0.1, 0.15) is 25.7 Å². The number of nitrogens with one attached hydrogen (secondary N) is 2. The predicted octanol–water partition coefficient (Wildman–Crippen LogP) is 0.806. The molecule has 1 amide bonds. The standard InChI is InChI=1S/C12H19F3N2O2/c13-12(14,15)11(4-5-16-7-11)10(19)17-9-3-1-2-8(9)6-18/h8-9,16,18H,1-7H2,(H,17,19). The normalized spacial score (nSPS) is 35.6. The third-order valence-corrected chi connectivity index (χ3v) is 4.34. The summed E-state index contributed by atoms with van der Waals surface area (Å²) >= 11 is 0. The Bertz CT molecular complexity index is 340. The number of rotatable bonds is 3. The summed E-state index contributed by atoms with van der Waals surface area (Å²) in [5.74, 6) is -1.07. The number of amides is 1. The number of hydrogen-bond donors (Lipinski definition) is 3. The number of hydrogen-bond acceptors (Lipinski definition) is 3. The van der Waals surface area contributed by atoms with Crippen LogP contribution in [0.5, 0.6) is 0 Å². The highest BCUT2D eigenvalue weighted by Crippen LogP contribution is 2.43. The first-order chi connectivity index (χ1) is 8.90. The van der Waals surface area contributed by atoms with E-state index in [1.807, 2.05) is 0 Å². The van der Waals surface area contributed by atoms with Gasteiger partial charge in [0.25, 0.3) is 0 Å². The molecule has 1 saturated carbocycles. The number of halogens is 3. The van der Waals surface area contributed by atoms with Crippen LogP contribution in [-0.2, 0) is 4.79 Å². The molecule has 19 heavy (non-hydrogen) atoms. The van der Waals surface area contributed by atoms with Crippen LogP contribution < -0.4 is 10.6 Å². The molecule has 4 nitrogen and oxygen atoms in total. The van der Waals surface area contributed by atoms with Gasteiger partial charge in [0.15, 0.2) is 5.41 Å². The first kappa shape index (κ1) is 14.6. The Morgan fingerprint density at radius 2 is 2.16 bits per heavy atom. The monoisotopic (exact) mass is 280 g/mol. The van der Waals surface area contributed by atoms with Gasteiger partial charge >= 0.3 is 6.18 Å². The fourth-order valence-corrected chi connectivity index (χ4v) is 3.01. The molecule has 7 heteroatoms. The van der Waals surface area contributed by atoms with Crippen molar-refractivity contribution in [2.75, 3.05) is 19.7 Å². The minimum absolute atomic E-state index is 0.0950. The molecule has 110 valence electrons. The summed E-state index contributed by atoms with van der Waals surface area (Å²) in [6, 6.07) is -0.336. The van der Waals surface area contributed by atoms with E-state index in [0.29, 0.717) is 6.42 Å². The van der Waals surface area contributed by atoms with Gasteiger partial charge in [0.1, 0.15) is 0 Å². The molecule has 0 aromatic rings. The molecule has 2 aliphatic rings. The van der Waals surface area contributed by atoms with Crippen LogP contribution >= 0.6 is 0 Å². The van der Waals surface area contributed by atoms with Gasteiger partial charge in [0.2, 0.25) is 5.91 Å². The molecule has 0 aromatic heterocycles. The molecule has 1 aliphatic heterocycles. The highest BCUT2D eigenvalue weighted by atomic mass is 19.4. The number of aliphatic hydroxyl groups excluding tert-OH is 1. The first-order valence-electron chi connectivity index (χ1n) is 6.60. The second-order valence-corrected chi connectivity index (χ2v) is 5.46. The maximum atomic E-state index is 13.2. The van der Waals surface area contributed by atoms with E-state index < -0.39 is 17.5 Å². The Balaban J connectivity index is 2.09. The van der Waals surface area contributed by atoms with E-state index in [4.69, 9.17) is 5.11 Å². The third kappa shape index (κ3) is 2.58. The molecule has 0 aromatic carbocycles. The summed E-state index contributed by atoms with van der Waals surface area (Å²) in [6.07, 6.45) is -2.56. The van der Waals surface area contributed by atoms with Crippen LogP contribution in [0.2, 0.25) is 0 Å². The summed E-state index contributed by atoms with van der Waals surface area (Å²) in [5, 5.41) is 14.3. The average molecular weight is 280 g/mol. The summed E-state index contributed by atoms with van der Waals surface area (Å²) in [6.45, 7) is -0.262. The minimum Gasteiger partial charge on any atom is -0.396 e. The summed E-state index contributed by atoms with van der Waals surface area (Å²) in [5.41, 5.74) is -2.31. The van der Waals surface area contributed by atoms with Gasteiger partial charge in [-0.25, -0.2) is 0 Å². The van der Waals surface area contributed by atoms with Crippen LogP contribution in [0.15, 0.2) is 0 Å². The molecule has 2 rings (SSSR count). The maximum Gasteiger partial charge on any atom is 0.404 e. The van der Waals surface area contributed by atoms with Crippen molar-refractivity contribution in [1.29, 1.82) is 0 Å². The summed E-state index contributed by atoms with van der Waals surface area (Å²) in [7, 11) is 0. The fourth-order valence-electron chi connectivity index (χ4n) is 3.01. The van der Waals surface area contributed by atoms with Crippen molar-refractivity contribution in [1.82, 2.24) is 10.6 Å². The quantitative estimate of drug-likeness (QED) is 0.717. The molecule has 3 unspecified atom stereocenters. The molecule has 0 spiro atoms. The average Bonchev–Trinajstić information content (AvgIpc) is 2.96. The molecule has 3 atom stereocenters. The Kier molecular flexibility index (Phi) is 4.06. The third-order valence-electron chi connectivity index (χ3n) is 4.34. The molecule has 1 heterocycles. The van der Waals surface area contributed by atoms with Gasteiger partial charge in [0.05, 0.1) is 0 Å². The van der Waals surface area contributed by atoms with Crippen molar-refractivity contribution < 1.29 is 23.1 Å². The van der Waals surface area contributed by atoms with Crippen molar-refractivity contribution in [3.63, 3.8) is 0 Å². The van der Waals surface area contributed by atoms with Crippen LogP contribution in [0.25, 0.3) is 0 Å². The van der Waals surface area contributed by atoms with Gasteiger partial charge in [-0.15, -0.1) is 0 Å². The highest BCUT2D eigenvalue weighted by molar-refractivity contribution is 5.84. The van der Waals surface area contributed by atoms with E-state index >= 15 is 0 Å². The van der Waals surface area contributed by atoms with E-state index in [-0.39, 0.29) is 38.1 Å². The fraction of sp³-hybridized carbons (Fsp3) is 0.917. The van der Waals surface area contributed by atoms with Gasteiger partial charge < -0.3 is 15.7 Å².